The lowest BCUT2D eigenvalue weighted by molar-refractivity contribution is 0.103. The van der Waals surface area contributed by atoms with Gasteiger partial charge in [0.1, 0.15) is 11.4 Å². The SMILES string of the molecule is COc1nc2c3c(ncc(OC)c3c1Br)C(=O)c1ccccc1-2. The summed E-state index contributed by atoms with van der Waals surface area (Å²) >= 11 is 3.51. The van der Waals surface area contributed by atoms with Crippen molar-refractivity contribution in [3.63, 3.8) is 0 Å². The van der Waals surface area contributed by atoms with Gasteiger partial charge in [-0.2, -0.15) is 0 Å². The second kappa shape index (κ2) is 5.03. The zero-order valence-electron chi connectivity index (χ0n) is 12.4. The number of hydrogen-bond donors (Lipinski definition) is 0. The number of carbonyl (C=O) groups is 1. The Hall–Kier alpha value is -2.47. The quantitative estimate of drug-likeness (QED) is 0.539. The van der Waals surface area contributed by atoms with Crippen molar-refractivity contribution in [2.45, 2.75) is 0 Å². The summed E-state index contributed by atoms with van der Waals surface area (Å²) in [6.45, 7) is 0. The minimum absolute atomic E-state index is 0.111. The van der Waals surface area contributed by atoms with E-state index in [-0.39, 0.29) is 5.78 Å². The minimum Gasteiger partial charge on any atom is -0.494 e. The molecule has 1 aliphatic carbocycles. The summed E-state index contributed by atoms with van der Waals surface area (Å²) in [5.74, 6) is 0.886. The molecule has 2 aromatic heterocycles. The average molecular weight is 371 g/mol. The van der Waals surface area contributed by atoms with Gasteiger partial charge in [-0.1, -0.05) is 24.3 Å². The second-order valence-electron chi connectivity index (χ2n) is 5.08. The summed E-state index contributed by atoms with van der Waals surface area (Å²) in [7, 11) is 3.12. The van der Waals surface area contributed by atoms with Gasteiger partial charge in [0, 0.05) is 21.9 Å². The number of carbonyl (C=O) groups excluding carboxylic acids is 1. The molecule has 0 bridgehead atoms. The third-order valence-corrected chi connectivity index (χ3v) is 4.69. The molecule has 1 aliphatic rings. The van der Waals surface area contributed by atoms with E-state index in [4.69, 9.17) is 9.47 Å². The van der Waals surface area contributed by atoms with Gasteiger partial charge in [-0.3, -0.25) is 4.79 Å². The Balaban J connectivity index is 2.27. The summed E-state index contributed by atoms with van der Waals surface area (Å²) in [5, 5.41) is 1.42. The maximum Gasteiger partial charge on any atom is 0.229 e. The highest BCUT2D eigenvalue weighted by Gasteiger charge is 2.30. The third kappa shape index (κ3) is 1.81. The van der Waals surface area contributed by atoms with Crippen LogP contribution in [0.2, 0.25) is 0 Å². The molecule has 0 N–H and O–H groups in total. The maximum atomic E-state index is 12.8. The Kier molecular flexibility index (Phi) is 3.09. The smallest absolute Gasteiger partial charge is 0.229 e. The fourth-order valence-electron chi connectivity index (χ4n) is 2.93. The molecule has 23 heavy (non-hydrogen) atoms. The molecule has 3 aromatic rings. The van der Waals surface area contributed by atoms with Crippen molar-refractivity contribution in [1.29, 1.82) is 0 Å². The number of hydrogen-bond acceptors (Lipinski definition) is 5. The summed E-state index contributed by atoms with van der Waals surface area (Å²) in [5.41, 5.74) is 2.42. The van der Waals surface area contributed by atoms with E-state index in [1.807, 2.05) is 18.2 Å². The van der Waals surface area contributed by atoms with Crippen LogP contribution >= 0.6 is 15.9 Å². The van der Waals surface area contributed by atoms with Crippen LogP contribution in [-0.4, -0.2) is 30.0 Å². The van der Waals surface area contributed by atoms with Crippen LogP contribution in [0.25, 0.3) is 22.0 Å². The molecule has 0 fully saturated rings. The molecule has 2 heterocycles. The first-order valence-corrected chi connectivity index (χ1v) is 7.71. The molecule has 0 unspecified atom stereocenters. The van der Waals surface area contributed by atoms with E-state index in [9.17, 15) is 4.79 Å². The van der Waals surface area contributed by atoms with Gasteiger partial charge in [0.05, 0.1) is 30.6 Å². The molecule has 0 radical (unpaired) electrons. The van der Waals surface area contributed by atoms with Crippen molar-refractivity contribution < 1.29 is 14.3 Å². The largest absolute Gasteiger partial charge is 0.494 e. The maximum absolute atomic E-state index is 12.8. The third-order valence-electron chi connectivity index (χ3n) is 3.96. The van der Waals surface area contributed by atoms with Gasteiger partial charge in [-0.05, 0) is 15.9 Å². The lowest BCUT2D eigenvalue weighted by Gasteiger charge is -2.21. The van der Waals surface area contributed by atoms with Gasteiger partial charge in [-0.25, -0.2) is 9.97 Å². The number of fused-ring (bicyclic) bond motifs is 2. The van der Waals surface area contributed by atoms with E-state index >= 15 is 0 Å². The molecule has 1 aromatic carbocycles. The number of aromatic nitrogens is 2. The van der Waals surface area contributed by atoms with Gasteiger partial charge in [0.25, 0.3) is 0 Å². The lowest BCUT2D eigenvalue weighted by Crippen LogP contribution is -2.14. The molecule has 6 heteroatoms. The standard InChI is InChI=1S/C17H11BrN2O3/c1-22-10-7-19-15-12-11(10)13(18)17(23-2)20-14(12)8-5-3-4-6-9(8)16(15)21/h3-7H,1-2H3. The van der Waals surface area contributed by atoms with Crippen molar-refractivity contribution in [1.82, 2.24) is 9.97 Å². The van der Waals surface area contributed by atoms with E-state index in [0.29, 0.717) is 38.4 Å². The highest BCUT2D eigenvalue weighted by Crippen LogP contribution is 2.45. The van der Waals surface area contributed by atoms with Gasteiger partial charge >= 0.3 is 0 Å². The van der Waals surface area contributed by atoms with E-state index in [1.54, 1.807) is 26.5 Å². The van der Waals surface area contributed by atoms with Crippen LogP contribution in [0.5, 0.6) is 11.6 Å². The van der Waals surface area contributed by atoms with E-state index in [0.717, 1.165) is 10.9 Å². The number of halogens is 1. The fourth-order valence-corrected chi connectivity index (χ4v) is 3.57. The molecule has 0 atom stereocenters. The molecule has 0 saturated heterocycles. The van der Waals surface area contributed by atoms with Gasteiger partial charge in [0.2, 0.25) is 11.7 Å². The minimum atomic E-state index is -0.111. The molecule has 0 amide bonds. The lowest BCUT2D eigenvalue weighted by atomic mass is 9.88. The van der Waals surface area contributed by atoms with Crippen LogP contribution in [0.1, 0.15) is 16.1 Å². The zero-order chi connectivity index (χ0) is 16.1. The van der Waals surface area contributed by atoms with Crippen LogP contribution in [-0.2, 0) is 0 Å². The number of methoxy groups -OCH3 is 2. The Morgan fingerprint density at radius 3 is 2.43 bits per heavy atom. The first-order chi connectivity index (χ1) is 11.2. The van der Waals surface area contributed by atoms with Crippen LogP contribution in [0.4, 0.5) is 0 Å². The summed E-state index contributed by atoms with van der Waals surface area (Å²) in [6, 6.07) is 7.38. The first-order valence-electron chi connectivity index (χ1n) is 6.91. The van der Waals surface area contributed by atoms with Gasteiger partial charge < -0.3 is 9.47 Å². The average Bonchev–Trinajstić information content (AvgIpc) is 2.60. The van der Waals surface area contributed by atoms with Crippen molar-refractivity contribution in [2.24, 2.45) is 0 Å². The van der Waals surface area contributed by atoms with Crippen molar-refractivity contribution in [3.05, 3.63) is 46.2 Å². The zero-order valence-corrected chi connectivity index (χ0v) is 14.0. The molecule has 5 nitrogen and oxygen atoms in total. The van der Waals surface area contributed by atoms with Crippen LogP contribution in [0, 0.1) is 0 Å². The summed E-state index contributed by atoms with van der Waals surface area (Å²) in [6.07, 6.45) is 1.55. The number of ether oxygens (including phenoxy) is 2. The number of ketones is 1. The fraction of sp³-hybridized carbons (Fsp3) is 0.118. The number of nitrogens with zero attached hydrogens (tertiary/aromatic N) is 2. The molecule has 4 rings (SSSR count). The van der Waals surface area contributed by atoms with Crippen molar-refractivity contribution >= 4 is 32.5 Å². The van der Waals surface area contributed by atoms with Crippen molar-refractivity contribution in [3.8, 4) is 22.9 Å². The molecular formula is C17H11BrN2O3. The Morgan fingerprint density at radius 2 is 1.74 bits per heavy atom. The normalized spacial score (nSPS) is 12.2. The van der Waals surface area contributed by atoms with E-state index < -0.39 is 0 Å². The topological polar surface area (TPSA) is 61.3 Å². The van der Waals surface area contributed by atoms with Crippen molar-refractivity contribution in [2.75, 3.05) is 14.2 Å². The number of rotatable bonds is 2. The second-order valence-corrected chi connectivity index (χ2v) is 5.88. The monoisotopic (exact) mass is 370 g/mol. The predicted molar refractivity (Wildman–Crippen MR) is 89.2 cm³/mol. The predicted octanol–water partition coefficient (Wildman–Crippen LogP) is 3.62. The van der Waals surface area contributed by atoms with Gasteiger partial charge in [0.15, 0.2) is 0 Å². The molecule has 0 spiro atoms. The Labute approximate surface area is 140 Å². The molecular weight excluding hydrogens is 360 g/mol. The highest BCUT2D eigenvalue weighted by molar-refractivity contribution is 9.10. The van der Waals surface area contributed by atoms with E-state index in [1.165, 1.54) is 0 Å². The van der Waals surface area contributed by atoms with Crippen LogP contribution in [0.15, 0.2) is 34.9 Å². The Morgan fingerprint density at radius 1 is 1.00 bits per heavy atom. The number of benzene rings is 1. The number of pyridine rings is 2. The van der Waals surface area contributed by atoms with E-state index in [2.05, 4.69) is 25.9 Å². The first kappa shape index (κ1) is 14.1. The van der Waals surface area contributed by atoms with Gasteiger partial charge in [-0.15, -0.1) is 0 Å². The summed E-state index contributed by atoms with van der Waals surface area (Å²) < 4.78 is 11.4. The Bertz CT molecular complexity index is 985. The molecule has 114 valence electrons. The summed E-state index contributed by atoms with van der Waals surface area (Å²) in [4.78, 5) is 21.7. The highest BCUT2D eigenvalue weighted by atomic mass is 79.9. The molecule has 0 aliphatic heterocycles. The molecule has 0 saturated carbocycles. The van der Waals surface area contributed by atoms with Crippen LogP contribution in [0.3, 0.4) is 0 Å². The van der Waals surface area contributed by atoms with Crippen LogP contribution < -0.4 is 9.47 Å².